The van der Waals surface area contributed by atoms with Crippen LogP contribution in [0, 0.1) is 5.82 Å². The zero-order chi connectivity index (χ0) is 17.5. The highest BCUT2D eigenvalue weighted by Gasteiger charge is 2.15. The average Bonchev–Trinajstić information content (AvgIpc) is 2.59. The van der Waals surface area contributed by atoms with Gasteiger partial charge in [0.1, 0.15) is 11.6 Å². The second kappa shape index (κ2) is 8.35. The van der Waals surface area contributed by atoms with Crippen LogP contribution in [-0.2, 0) is 9.53 Å². The summed E-state index contributed by atoms with van der Waals surface area (Å²) in [4.78, 5) is 24.7. The Morgan fingerprint density at radius 1 is 1.21 bits per heavy atom. The zero-order valence-corrected chi connectivity index (χ0v) is 14.0. The first-order valence-corrected chi connectivity index (χ1v) is 8.20. The van der Waals surface area contributed by atoms with E-state index in [0.29, 0.717) is 5.69 Å². The van der Waals surface area contributed by atoms with Crippen LogP contribution in [0.25, 0.3) is 0 Å². The van der Waals surface area contributed by atoms with Crippen molar-refractivity contribution in [1.82, 2.24) is 0 Å². The van der Waals surface area contributed by atoms with Gasteiger partial charge in [-0.25, -0.2) is 9.18 Å². The molecule has 0 aliphatic rings. The van der Waals surface area contributed by atoms with Gasteiger partial charge in [-0.1, -0.05) is 6.07 Å². The number of hydrogen-bond acceptors (Lipinski definition) is 5. The molecule has 2 aromatic rings. The number of thioether (sulfide) groups is 1. The van der Waals surface area contributed by atoms with Crippen molar-refractivity contribution in [2.24, 2.45) is 0 Å². The topological polar surface area (TPSA) is 64.6 Å². The summed E-state index contributed by atoms with van der Waals surface area (Å²) in [7, 11) is 1.39. The minimum Gasteiger partial charge on any atom is -0.497 e. The van der Waals surface area contributed by atoms with Crippen molar-refractivity contribution in [2.75, 3.05) is 25.3 Å². The maximum absolute atomic E-state index is 13.8. The SMILES string of the molecule is COc1ccc(C(=O)OCC(=O)Nc2cccc(SC)c2)c(F)c1. The van der Waals surface area contributed by atoms with E-state index in [1.165, 1.54) is 19.2 Å². The van der Waals surface area contributed by atoms with Gasteiger partial charge in [0.25, 0.3) is 5.91 Å². The molecule has 126 valence electrons. The van der Waals surface area contributed by atoms with Crippen molar-refractivity contribution >= 4 is 29.3 Å². The van der Waals surface area contributed by atoms with Gasteiger partial charge in [0.05, 0.1) is 12.7 Å². The van der Waals surface area contributed by atoms with Crippen LogP contribution in [0.3, 0.4) is 0 Å². The van der Waals surface area contributed by atoms with E-state index >= 15 is 0 Å². The zero-order valence-electron chi connectivity index (χ0n) is 13.2. The number of amides is 1. The number of carbonyl (C=O) groups is 2. The first-order chi connectivity index (χ1) is 11.5. The van der Waals surface area contributed by atoms with Crippen LogP contribution >= 0.6 is 11.8 Å². The molecule has 7 heteroatoms. The van der Waals surface area contributed by atoms with Crippen LogP contribution in [0.4, 0.5) is 10.1 Å². The fourth-order valence-electron chi connectivity index (χ4n) is 1.90. The molecule has 0 aliphatic heterocycles. The number of ether oxygens (including phenoxy) is 2. The monoisotopic (exact) mass is 349 g/mol. The molecule has 1 amide bonds. The third kappa shape index (κ3) is 4.73. The Kier molecular flexibility index (Phi) is 6.20. The summed E-state index contributed by atoms with van der Waals surface area (Å²) in [6.45, 7) is -0.506. The smallest absolute Gasteiger partial charge is 0.341 e. The Labute approximate surface area is 143 Å². The summed E-state index contributed by atoms with van der Waals surface area (Å²) in [5, 5.41) is 2.61. The summed E-state index contributed by atoms with van der Waals surface area (Å²) >= 11 is 1.54. The number of rotatable bonds is 6. The molecule has 2 rings (SSSR count). The molecule has 0 spiro atoms. The third-order valence-electron chi connectivity index (χ3n) is 3.08. The number of halogens is 1. The number of anilines is 1. The Morgan fingerprint density at radius 2 is 2.00 bits per heavy atom. The summed E-state index contributed by atoms with van der Waals surface area (Å²) in [6, 6.07) is 11.0. The van der Waals surface area contributed by atoms with Crippen molar-refractivity contribution in [3.05, 3.63) is 53.8 Å². The molecule has 1 N–H and O–H groups in total. The van der Waals surface area contributed by atoms with E-state index < -0.39 is 24.3 Å². The molecule has 5 nitrogen and oxygen atoms in total. The molecule has 0 unspecified atom stereocenters. The Hall–Kier alpha value is -2.54. The highest BCUT2D eigenvalue weighted by molar-refractivity contribution is 7.98. The molecular weight excluding hydrogens is 333 g/mol. The highest BCUT2D eigenvalue weighted by Crippen LogP contribution is 2.19. The minimum atomic E-state index is -0.914. The molecule has 0 saturated carbocycles. The van der Waals surface area contributed by atoms with Gasteiger partial charge >= 0.3 is 5.97 Å². The second-order valence-electron chi connectivity index (χ2n) is 4.70. The van der Waals surface area contributed by atoms with Gasteiger partial charge in [-0.05, 0) is 36.6 Å². The predicted molar refractivity (Wildman–Crippen MR) is 90.1 cm³/mol. The summed E-state index contributed by atoms with van der Waals surface area (Å²) < 4.78 is 23.4. The van der Waals surface area contributed by atoms with Crippen molar-refractivity contribution in [3.8, 4) is 5.75 Å². The van der Waals surface area contributed by atoms with E-state index in [0.717, 1.165) is 11.0 Å². The number of nitrogens with one attached hydrogen (secondary N) is 1. The molecule has 0 aliphatic carbocycles. The van der Waals surface area contributed by atoms with E-state index in [9.17, 15) is 14.0 Å². The summed E-state index contributed by atoms with van der Waals surface area (Å²) in [5.74, 6) is -1.90. The van der Waals surface area contributed by atoms with Crippen molar-refractivity contribution in [1.29, 1.82) is 0 Å². The normalized spacial score (nSPS) is 10.1. The van der Waals surface area contributed by atoms with Crippen LogP contribution in [0.1, 0.15) is 10.4 Å². The van der Waals surface area contributed by atoms with Crippen LogP contribution in [-0.4, -0.2) is 31.8 Å². The maximum Gasteiger partial charge on any atom is 0.341 e. The molecule has 0 radical (unpaired) electrons. The van der Waals surface area contributed by atoms with Gasteiger partial charge in [-0.2, -0.15) is 0 Å². The predicted octanol–water partition coefficient (Wildman–Crippen LogP) is 3.35. The average molecular weight is 349 g/mol. The number of benzene rings is 2. The molecule has 0 aromatic heterocycles. The molecule has 0 heterocycles. The van der Waals surface area contributed by atoms with Gasteiger partial charge in [0, 0.05) is 16.6 Å². The quantitative estimate of drug-likeness (QED) is 0.640. The largest absolute Gasteiger partial charge is 0.497 e. The van der Waals surface area contributed by atoms with E-state index in [1.54, 1.807) is 30.0 Å². The lowest BCUT2D eigenvalue weighted by atomic mass is 10.2. The van der Waals surface area contributed by atoms with Gasteiger partial charge in [0.2, 0.25) is 0 Å². The van der Waals surface area contributed by atoms with Crippen molar-refractivity contribution in [2.45, 2.75) is 4.90 Å². The second-order valence-corrected chi connectivity index (χ2v) is 5.58. The lowest BCUT2D eigenvalue weighted by Gasteiger charge is -2.08. The van der Waals surface area contributed by atoms with Crippen LogP contribution in [0.5, 0.6) is 5.75 Å². The van der Waals surface area contributed by atoms with E-state index in [1.807, 2.05) is 12.3 Å². The Bertz CT molecular complexity index is 751. The third-order valence-corrected chi connectivity index (χ3v) is 3.81. The molecule has 2 aromatic carbocycles. The number of hydrogen-bond donors (Lipinski definition) is 1. The summed E-state index contributed by atoms with van der Waals surface area (Å²) in [5.41, 5.74) is 0.339. The molecule has 24 heavy (non-hydrogen) atoms. The van der Waals surface area contributed by atoms with Gasteiger partial charge in [0.15, 0.2) is 6.61 Å². The van der Waals surface area contributed by atoms with E-state index in [2.05, 4.69) is 5.32 Å². The fraction of sp³-hybridized carbons (Fsp3) is 0.176. The molecular formula is C17H16FNO4S. The first kappa shape index (κ1) is 17.8. The van der Waals surface area contributed by atoms with Gasteiger partial charge < -0.3 is 14.8 Å². The standard InChI is InChI=1S/C17H16FNO4S/c1-22-12-6-7-14(15(18)9-12)17(21)23-10-16(20)19-11-4-3-5-13(8-11)24-2/h3-9H,10H2,1-2H3,(H,19,20). The highest BCUT2D eigenvalue weighted by atomic mass is 32.2. The Balaban J connectivity index is 1.92. The minimum absolute atomic E-state index is 0.256. The maximum atomic E-state index is 13.8. The number of methoxy groups -OCH3 is 1. The number of esters is 1. The molecule has 0 saturated heterocycles. The summed E-state index contributed by atoms with van der Waals surface area (Å²) in [6.07, 6.45) is 1.92. The van der Waals surface area contributed by atoms with Gasteiger partial charge in [-0.15, -0.1) is 11.8 Å². The van der Waals surface area contributed by atoms with Gasteiger partial charge in [-0.3, -0.25) is 4.79 Å². The molecule has 0 atom stereocenters. The lowest BCUT2D eigenvalue weighted by molar-refractivity contribution is -0.119. The van der Waals surface area contributed by atoms with Crippen molar-refractivity contribution in [3.63, 3.8) is 0 Å². The number of carbonyl (C=O) groups excluding carboxylic acids is 2. The van der Waals surface area contributed by atoms with Crippen LogP contribution < -0.4 is 10.1 Å². The van der Waals surface area contributed by atoms with Crippen LogP contribution in [0.2, 0.25) is 0 Å². The van der Waals surface area contributed by atoms with E-state index in [4.69, 9.17) is 9.47 Å². The van der Waals surface area contributed by atoms with Crippen molar-refractivity contribution < 1.29 is 23.5 Å². The molecule has 0 bridgehead atoms. The lowest BCUT2D eigenvalue weighted by Crippen LogP contribution is -2.21. The first-order valence-electron chi connectivity index (χ1n) is 6.98. The fourth-order valence-corrected chi connectivity index (χ4v) is 2.35. The van der Waals surface area contributed by atoms with E-state index in [-0.39, 0.29) is 11.3 Å². The Morgan fingerprint density at radius 3 is 2.67 bits per heavy atom. The molecule has 0 fully saturated rings. The van der Waals surface area contributed by atoms with Crippen LogP contribution in [0.15, 0.2) is 47.4 Å².